The van der Waals surface area contributed by atoms with Crippen LogP contribution in [-0.2, 0) is 21.8 Å². The maximum atomic E-state index is 14.6. The molecule has 4 heteroatoms. The lowest BCUT2D eigenvalue weighted by Crippen LogP contribution is -2.58. The lowest BCUT2D eigenvalue weighted by molar-refractivity contribution is 0.0195. The van der Waals surface area contributed by atoms with Crippen molar-refractivity contribution in [1.82, 2.24) is 4.31 Å². The zero-order valence-electron chi connectivity index (χ0n) is 32.7. The summed E-state index contributed by atoms with van der Waals surface area (Å²) in [6, 6.07) is 17.4. The van der Waals surface area contributed by atoms with E-state index in [4.69, 9.17) is 0 Å². The van der Waals surface area contributed by atoms with E-state index in [0.29, 0.717) is 10.3 Å². The second-order valence-electron chi connectivity index (χ2n) is 21.6. The van der Waals surface area contributed by atoms with Gasteiger partial charge in [-0.3, -0.25) is 0 Å². The SMILES string of the molecule is CN([C@@H](c1ccc2c(c1)C(C)(C)CCC2(C)C)c1ccccc1P(C12CC3CC(CC(C3)C1)C2)C12CC3CC(CC(C3)C1)C2)[S@](=O)C(C)(C)C. The predicted octanol–water partition coefficient (Wildman–Crippen LogP) is 11.6. The van der Waals surface area contributed by atoms with E-state index in [1.165, 1.54) is 112 Å². The molecule has 2 aromatic rings. The zero-order valence-corrected chi connectivity index (χ0v) is 34.4. The minimum atomic E-state index is -1.15. The monoisotopic (exact) mass is 711 g/mol. The van der Waals surface area contributed by atoms with Crippen LogP contribution < -0.4 is 5.30 Å². The number of fused-ring (bicyclic) bond motifs is 1. The van der Waals surface area contributed by atoms with Gasteiger partial charge in [0, 0.05) is 7.05 Å². The van der Waals surface area contributed by atoms with Crippen LogP contribution in [0.25, 0.3) is 0 Å². The third-order valence-electron chi connectivity index (χ3n) is 15.8. The maximum Gasteiger partial charge on any atom is 0.100 e. The van der Waals surface area contributed by atoms with Crippen LogP contribution >= 0.6 is 7.92 Å². The Morgan fingerprint density at radius 1 is 0.680 bits per heavy atom. The summed E-state index contributed by atoms with van der Waals surface area (Å²) in [5.41, 5.74) is 6.22. The van der Waals surface area contributed by atoms with Gasteiger partial charge in [0.15, 0.2) is 0 Å². The molecule has 2 aromatic carbocycles. The first-order valence-corrected chi connectivity index (χ1v) is 23.2. The molecule has 0 aromatic heterocycles. The standard InChI is InChI=1S/C46H66NOPS/c1-42(2,3)50(48)47(8)41(36-13-14-38-39(23-36)44(6,7)16-15-43(38,4)5)37-11-9-10-12-40(37)49(45-24-30-17-31(25-45)19-32(18-30)26-45)46-27-33-20-34(28-46)22-35(21-33)29-46/h9-14,23,30-35,41H,15-22,24-29H2,1-8H3/t30?,31?,32?,33?,34?,35?,41-,45?,46?,49?,50+/m0/s1. The number of rotatable bonds is 7. The largest absolute Gasteiger partial charge is 0.242 e. The van der Waals surface area contributed by atoms with Gasteiger partial charge < -0.3 is 0 Å². The van der Waals surface area contributed by atoms with E-state index in [-0.39, 0.29) is 29.5 Å². The summed E-state index contributed by atoms with van der Waals surface area (Å²) in [6.07, 6.45) is 20.5. The summed E-state index contributed by atoms with van der Waals surface area (Å²) < 4.78 is 16.6. The van der Waals surface area contributed by atoms with Crippen molar-refractivity contribution in [2.75, 3.05) is 7.05 Å². The van der Waals surface area contributed by atoms with Gasteiger partial charge in [0.25, 0.3) is 0 Å². The van der Waals surface area contributed by atoms with Crippen molar-refractivity contribution in [2.24, 2.45) is 35.5 Å². The first-order chi connectivity index (χ1) is 23.6. The Hall–Kier alpha value is -1.02. The van der Waals surface area contributed by atoms with Gasteiger partial charge in [-0.05, 0) is 195 Å². The second kappa shape index (κ2) is 11.7. The molecule has 11 rings (SSSR count). The Bertz CT molecular complexity index is 1570. The fourth-order valence-electron chi connectivity index (χ4n) is 14.5. The molecule has 8 bridgehead atoms. The van der Waals surface area contributed by atoms with Gasteiger partial charge in [0.2, 0.25) is 0 Å². The minimum absolute atomic E-state index is 0.0229. The Balaban J connectivity index is 1.25. The third kappa shape index (κ3) is 5.53. The molecule has 2 nitrogen and oxygen atoms in total. The Labute approximate surface area is 309 Å². The van der Waals surface area contributed by atoms with Crippen LogP contribution in [0.15, 0.2) is 42.5 Å². The summed E-state index contributed by atoms with van der Waals surface area (Å²) in [7, 11) is 0.650. The summed E-state index contributed by atoms with van der Waals surface area (Å²) in [5.74, 6) is 5.78. The van der Waals surface area contributed by atoms with Gasteiger partial charge in [-0.2, -0.15) is 0 Å². The van der Waals surface area contributed by atoms with Gasteiger partial charge in [-0.25, -0.2) is 8.51 Å². The highest BCUT2D eigenvalue weighted by Crippen LogP contribution is 2.78. The molecule has 0 aliphatic heterocycles. The molecule has 0 amide bonds. The molecule has 0 spiro atoms. The van der Waals surface area contributed by atoms with Crippen molar-refractivity contribution < 1.29 is 4.21 Å². The maximum absolute atomic E-state index is 14.6. The molecule has 8 fully saturated rings. The van der Waals surface area contributed by atoms with Crippen LogP contribution in [0.5, 0.6) is 0 Å². The molecule has 0 heterocycles. The van der Waals surface area contributed by atoms with Crippen molar-refractivity contribution >= 4 is 24.2 Å². The number of benzene rings is 2. The molecule has 0 saturated heterocycles. The molecule has 9 aliphatic rings. The molecule has 8 saturated carbocycles. The smallest absolute Gasteiger partial charge is 0.100 e. The molecular formula is C46H66NOPS. The first-order valence-electron chi connectivity index (χ1n) is 20.7. The van der Waals surface area contributed by atoms with Crippen LogP contribution in [-0.4, -0.2) is 30.6 Å². The van der Waals surface area contributed by atoms with Crippen molar-refractivity contribution in [1.29, 1.82) is 0 Å². The normalized spacial score (nSPS) is 39.4. The van der Waals surface area contributed by atoms with Crippen LogP contribution in [0.2, 0.25) is 0 Å². The van der Waals surface area contributed by atoms with E-state index in [9.17, 15) is 4.21 Å². The van der Waals surface area contributed by atoms with Crippen LogP contribution in [0, 0.1) is 35.5 Å². The lowest BCUT2D eigenvalue weighted by atomic mass is 9.55. The molecule has 0 unspecified atom stereocenters. The van der Waals surface area contributed by atoms with Crippen LogP contribution in [0.4, 0.5) is 0 Å². The van der Waals surface area contributed by atoms with E-state index in [2.05, 4.69) is 102 Å². The molecule has 9 aliphatic carbocycles. The second-order valence-corrected chi connectivity index (χ2v) is 26.9. The molecule has 0 N–H and O–H groups in total. The average molecular weight is 712 g/mol. The highest BCUT2D eigenvalue weighted by molar-refractivity contribution is 7.84. The molecule has 0 radical (unpaired) electrons. The fraction of sp³-hybridized carbons (Fsp3) is 0.739. The lowest BCUT2D eigenvalue weighted by Gasteiger charge is -2.67. The van der Waals surface area contributed by atoms with Crippen molar-refractivity contribution in [3.63, 3.8) is 0 Å². The topological polar surface area (TPSA) is 20.3 Å². The van der Waals surface area contributed by atoms with Gasteiger partial charge in [-0.15, -0.1) is 0 Å². The van der Waals surface area contributed by atoms with Gasteiger partial charge in [-0.1, -0.05) is 78.1 Å². The van der Waals surface area contributed by atoms with Crippen molar-refractivity contribution in [3.8, 4) is 0 Å². The zero-order chi connectivity index (χ0) is 35.0. The molecule has 272 valence electrons. The van der Waals surface area contributed by atoms with E-state index in [1.54, 1.807) is 5.30 Å². The van der Waals surface area contributed by atoms with Gasteiger partial charge in [0.05, 0.1) is 10.8 Å². The molecule has 2 atom stereocenters. The Kier molecular flexibility index (Phi) is 8.15. The van der Waals surface area contributed by atoms with Gasteiger partial charge in [0.1, 0.15) is 11.0 Å². The van der Waals surface area contributed by atoms with Crippen LogP contribution in [0.1, 0.15) is 167 Å². The van der Waals surface area contributed by atoms with E-state index >= 15 is 0 Å². The van der Waals surface area contributed by atoms with Crippen LogP contribution in [0.3, 0.4) is 0 Å². The number of nitrogens with zero attached hydrogens (tertiary/aromatic N) is 1. The summed E-state index contributed by atoms with van der Waals surface area (Å²) >= 11 is 0. The van der Waals surface area contributed by atoms with Crippen molar-refractivity contribution in [3.05, 3.63) is 64.7 Å². The fourth-order valence-corrected chi connectivity index (χ4v) is 21.2. The highest BCUT2D eigenvalue weighted by Gasteiger charge is 2.63. The van der Waals surface area contributed by atoms with E-state index in [1.807, 2.05) is 0 Å². The Morgan fingerprint density at radius 2 is 1.12 bits per heavy atom. The average Bonchev–Trinajstić information content (AvgIpc) is 3.02. The summed E-state index contributed by atoms with van der Waals surface area (Å²) in [4.78, 5) is 0. The third-order valence-corrected chi connectivity index (χ3v) is 21.4. The van der Waals surface area contributed by atoms with Gasteiger partial charge >= 0.3 is 0 Å². The summed E-state index contributed by atoms with van der Waals surface area (Å²) in [6.45, 7) is 16.3. The number of hydrogen-bond donors (Lipinski definition) is 0. The van der Waals surface area contributed by atoms with Crippen molar-refractivity contribution in [2.45, 2.75) is 170 Å². The predicted molar refractivity (Wildman–Crippen MR) is 214 cm³/mol. The minimum Gasteiger partial charge on any atom is -0.242 e. The van der Waals surface area contributed by atoms with E-state index in [0.717, 1.165) is 35.5 Å². The summed E-state index contributed by atoms with van der Waals surface area (Å²) in [5, 5.41) is 2.73. The molecular weight excluding hydrogens is 646 g/mol. The number of hydrogen-bond acceptors (Lipinski definition) is 1. The van der Waals surface area contributed by atoms with E-state index < -0.39 is 11.0 Å². The quantitative estimate of drug-likeness (QED) is 0.262. The highest BCUT2D eigenvalue weighted by atomic mass is 32.2. The molecule has 50 heavy (non-hydrogen) atoms. The first kappa shape index (κ1) is 34.7. The Morgan fingerprint density at radius 3 is 1.58 bits per heavy atom.